The Kier molecular flexibility index (Phi) is 2.93. The summed E-state index contributed by atoms with van der Waals surface area (Å²) in [6.45, 7) is -0.339. The van der Waals surface area contributed by atoms with Gasteiger partial charge < -0.3 is 10.1 Å². The quantitative estimate of drug-likeness (QED) is 0.613. The summed E-state index contributed by atoms with van der Waals surface area (Å²) in [6, 6.07) is 7.93. The lowest BCUT2D eigenvalue weighted by atomic mass is 9.98. The molecule has 1 saturated carbocycles. The Balaban J connectivity index is 1.68. The van der Waals surface area contributed by atoms with E-state index in [1.807, 2.05) is 12.1 Å². The van der Waals surface area contributed by atoms with Crippen LogP contribution < -0.4 is 10.1 Å². The van der Waals surface area contributed by atoms with E-state index < -0.39 is 4.92 Å². The third-order valence-electron chi connectivity index (χ3n) is 4.23. The summed E-state index contributed by atoms with van der Waals surface area (Å²) in [6.07, 6.45) is 1.95. The summed E-state index contributed by atoms with van der Waals surface area (Å²) < 4.78 is 13.9. The molecule has 1 spiro atoms. The highest BCUT2D eigenvalue weighted by atomic mass is 35.5. The van der Waals surface area contributed by atoms with Crippen LogP contribution in [0.15, 0.2) is 30.3 Å². The summed E-state index contributed by atoms with van der Waals surface area (Å²) in [4.78, 5) is 10.3. The number of benzene rings is 2. The first-order valence-electron chi connectivity index (χ1n) is 7.63. The Hall–Kier alpha value is -1.98. The van der Waals surface area contributed by atoms with Gasteiger partial charge in [-0.05, 0) is 36.6 Å². The maximum absolute atomic E-state index is 10.8. The van der Waals surface area contributed by atoms with E-state index in [0.29, 0.717) is 5.75 Å². The van der Waals surface area contributed by atoms with Crippen LogP contribution in [0.2, 0.25) is 10.0 Å². The van der Waals surface area contributed by atoms with Crippen LogP contribution in [0.4, 0.5) is 11.4 Å². The minimum Gasteiger partial charge on any atom is -0.454 e. The number of hydrogen-bond donors (Lipinski definition) is 1. The van der Waals surface area contributed by atoms with Gasteiger partial charge in [-0.3, -0.25) is 10.1 Å². The lowest BCUT2D eigenvalue weighted by Crippen LogP contribution is -2.08. The van der Waals surface area contributed by atoms with Crippen LogP contribution in [-0.4, -0.2) is 11.4 Å². The molecule has 7 heteroatoms. The fourth-order valence-electron chi connectivity index (χ4n) is 2.83. The Labute approximate surface area is 143 Å². The number of nitrogens with one attached hydrogen (secondary N) is 1. The topological polar surface area (TPSA) is 64.4 Å². The van der Waals surface area contributed by atoms with Crippen molar-refractivity contribution in [2.75, 3.05) is 11.8 Å². The van der Waals surface area contributed by atoms with Crippen molar-refractivity contribution in [1.82, 2.24) is 0 Å². The highest BCUT2D eigenvalue weighted by Crippen LogP contribution is 2.55. The molecule has 23 heavy (non-hydrogen) atoms. The number of anilines is 1. The Morgan fingerprint density at radius 2 is 1.96 bits per heavy atom. The number of rotatable bonds is 3. The molecule has 118 valence electrons. The number of hydrogen-bond acceptors (Lipinski definition) is 4. The molecule has 1 atom stereocenters. The summed E-state index contributed by atoms with van der Waals surface area (Å²) in [5.41, 5.74) is 1.69. The molecule has 2 aliphatic rings. The molecule has 2 aromatic rings. The molecule has 1 fully saturated rings. The molecular weight excluding hydrogens is 339 g/mol. The number of non-ortho nitro benzene ring substituents is 1. The van der Waals surface area contributed by atoms with E-state index in [4.69, 9.17) is 29.3 Å². The molecule has 0 aromatic heterocycles. The smallest absolute Gasteiger partial charge is 0.272 e. The maximum atomic E-state index is 10.8. The van der Waals surface area contributed by atoms with Gasteiger partial charge in [0.2, 0.25) is 0 Å². The first-order chi connectivity index (χ1) is 11.4. The van der Waals surface area contributed by atoms with Crippen molar-refractivity contribution in [2.24, 2.45) is 0 Å². The van der Waals surface area contributed by atoms with Gasteiger partial charge in [0.05, 0.1) is 15.0 Å². The maximum Gasteiger partial charge on any atom is 0.272 e. The second-order valence-electron chi connectivity index (χ2n) is 5.75. The van der Waals surface area contributed by atoms with E-state index >= 15 is 0 Å². The van der Waals surface area contributed by atoms with Crippen molar-refractivity contribution in [1.29, 1.82) is 0 Å². The predicted molar refractivity (Wildman–Crippen MR) is 89.0 cm³/mol. The number of fused-ring (bicyclic) bond motifs is 2. The molecule has 1 unspecified atom stereocenters. The Bertz CT molecular complexity index is 847. The standard InChI is InChI=1S/C16H12Cl2N2O3/c17-12-5-9(20(21)22)6-13(18)15(12)23-10-1-2-14-11(7-10)16(3-4-16)8-19-14/h1-2,5-7,19H,3-4,8H2/i8D. The van der Waals surface area contributed by atoms with Gasteiger partial charge in [0.1, 0.15) is 5.75 Å². The molecule has 0 saturated heterocycles. The summed E-state index contributed by atoms with van der Waals surface area (Å²) in [7, 11) is 0. The first kappa shape index (κ1) is 13.5. The van der Waals surface area contributed by atoms with Gasteiger partial charge in [-0.1, -0.05) is 23.2 Å². The number of nitrogens with zero attached hydrogens (tertiary/aromatic N) is 1. The zero-order chi connectivity index (χ0) is 17.1. The second-order valence-corrected chi connectivity index (χ2v) is 6.56. The lowest BCUT2D eigenvalue weighted by Gasteiger charge is -2.12. The van der Waals surface area contributed by atoms with Crippen molar-refractivity contribution < 1.29 is 11.0 Å². The lowest BCUT2D eigenvalue weighted by molar-refractivity contribution is -0.384. The fraction of sp³-hybridized carbons (Fsp3) is 0.250. The Morgan fingerprint density at radius 1 is 1.26 bits per heavy atom. The van der Waals surface area contributed by atoms with Gasteiger partial charge in [0, 0.05) is 31.1 Å². The van der Waals surface area contributed by atoms with Gasteiger partial charge in [-0.25, -0.2) is 0 Å². The van der Waals surface area contributed by atoms with E-state index in [1.165, 1.54) is 12.1 Å². The second kappa shape index (κ2) is 5.01. The van der Waals surface area contributed by atoms with Crippen LogP contribution in [0.1, 0.15) is 19.8 Å². The number of nitro benzene ring substituents is 1. The first-order valence-corrected chi connectivity index (χ1v) is 7.81. The van der Waals surface area contributed by atoms with E-state index in [1.54, 1.807) is 6.07 Å². The highest BCUT2D eigenvalue weighted by Gasteiger charge is 2.49. The molecular formula is C16H12Cl2N2O3. The zero-order valence-corrected chi connectivity index (χ0v) is 13.3. The van der Waals surface area contributed by atoms with E-state index in [0.717, 1.165) is 24.1 Å². The molecule has 1 N–H and O–H groups in total. The molecule has 0 amide bonds. The van der Waals surface area contributed by atoms with Crippen LogP contribution in [0.3, 0.4) is 0 Å². The number of nitro groups is 1. The normalized spacial score (nSPS) is 20.6. The van der Waals surface area contributed by atoms with E-state index in [-0.39, 0.29) is 33.4 Å². The predicted octanol–water partition coefficient (Wildman–Crippen LogP) is 5.15. The molecule has 1 heterocycles. The van der Waals surface area contributed by atoms with Crippen molar-refractivity contribution in [3.05, 3.63) is 56.1 Å². The third-order valence-corrected chi connectivity index (χ3v) is 4.80. The average molecular weight is 352 g/mol. The van der Waals surface area contributed by atoms with E-state index in [2.05, 4.69) is 5.32 Å². The van der Waals surface area contributed by atoms with Crippen LogP contribution in [0.5, 0.6) is 11.5 Å². The molecule has 2 aromatic carbocycles. The highest BCUT2D eigenvalue weighted by molar-refractivity contribution is 6.37. The van der Waals surface area contributed by atoms with E-state index in [9.17, 15) is 10.1 Å². The molecule has 1 aliphatic carbocycles. The SMILES string of the molecule is [2H]C1Nc2ccc(Oc3c(Cl)cc([N+](=O)[O-])cc3Cl)cc2C12CC2. The van der Waals surface area contributed by atoms with Crippen LogP contribution in [-0.2, 0) is 5.41 Å². The third kappa shape index (κ3) is 2.40. The van der Waals surface area contributed by atoms with Crippen molar-refractivity contribution in [3.63, 3.8) is 0 Å². The summed E-state index contributed by atoms with van der Waals surface area (Å²) >= 11 is 12.2. The summed E-state index contributed by atoms with van der Waals surface area (Å²) in [5.74, 6) is 0.718. The van der Waals surface area contributed by atoms with Crippen LogP contribution in [0.25, 0.3) is 0 Å². The minimum atomic E-state index is -0.562. The molecule has 0 bridgehead atoms. The van der Waals surface area contributed by atoms with Crippen molar-refractivity contribution in [2.45, 2.75) is 18.3 Å². The Morgan fingerprint density at radius 3 is 2.57 bits per heavy atom. The van der Waals surface area contributed by atoms with Gasteiger partial charge in [-0.2, -0.15) is 0 Å². The fourth-order valence-corrected chi connectivity index (χ4v) is 3.39. The van der Waals surface area contributed by atoms with Crippen LogP contribution >= 0.6 is 23.2 Å². The van der Waals surface area contributed by atoms with Crippen LogP contribution in [0, 0.1) is 10.1 Å². The van der Waals surface area contributed by atoms with Gasteiger partial charge in [0.15, 0.2) is 5.75 Å². The van der Waals surface area contributed by atoms with Crippen molar-refractivity contribution >= 4 is 34.6 Å². The average Bonchev–Trinajstić information content (AvgIpc) is 3.28. The number of halogens is 2. The molecule has 1 aliphatic heterocycles. The molecule has 5 nitrogen and oxygen atoms in total. The zero-order valence-electron chi connectivity index (χ0n) is 12.8. The minimum absolute atomic E-state index is 0.0762. The molecule has 0 radical (unpaired) electrons. The summed E-state index contributed by atoms with van der Waals surface area (Å²) in [5, 5.41) is 14.2. The van der Waals surface area contributed by atoms with Gasteiger partial charge in [0.25, 0.3) is 5.69 Å². The number of ether oxygens (including phenoxy) is 1. The molecule has 4 rings (SSSR count). The van der Waals surface area contributed by atoms with Gasteiger partial charge in [-0.15, -0.1) is 0 Å². The van der Waals surface area contributed by atoms with Crippen molar-refractivity contribution in [3.8, 4) is 11.5 Å². The largest absolute Gasteiger partial charge is 0.454 e. The monoisotopic (exact) mass is 351 g/mol. The van der Waals surface area contributed by atoms with Gasteiger partial charge >= 0.3 is 0 Å².